The van der Waals surface area contributed by atoms with Gasteiger partial charge in [0.25, 0.3) is 5.91 Å². The van der Waals surface area contributed by atoms with Crippen molar-refractivity contribution < 1.29 is 13.2 Å². The molecule has 156 valence electrons. The van der Waals surface area contributed by atoms with Crippen LogP contribution in [0.5, 0.6) is 0 Å². The van der Waals surface area contributed by atoms with E-state index in [0.717, 1.165) is 47.1 Å². The van der Waals surface area contributed by atoms with Crippen molar-refractivity contribution in [1.82, 2.24) is 9.62 Å². The van der Waals surface area contributed by atoms with E-state index in [9.17, 15) is 13.2 Å². The molecule has 0 saturated carbocycles. The number of carbonyl (C=O) groups is 1. The lowest BCUT2D eigenvalue weighted by Gasteiger charge is -2.22. The van der Waals surface area contributed by atoms with E-state index >= 15 is 0 Å². The topological polar surface area (TPSA) is 69.7 Å². The molecule has 2 aromatic rings. The van der Waals surface area contributed by atoms with Gasteiger partial charge in [-0.05, 0) is 56.0 Å². The minimum absolute atomic E-state index is 0.127. The van der Waals surface area contributed by atoms with E-state index < -0.39 is 10.0 Å². The van der Waals surface area contributed by atoms with Crippen LogP contribution in [0.1, 0.15) is 39.9 Å². The minimum Gasteiger partial charge on any atom is -0.371 e. The summed E-state index contributed by atoms with van der Waals surface area (Å²) >= 11 is 0. The zero-order valence-corrected chi connectivity index (χ0v) is 18.3. The number of amides is 1. The normalized spacial score (nSPS) is 14.4. The number of nitrogens with one attached hydrogen (secondary N) is 1. The summed E-state index contributed by atoms with van der Waals surface area (Å²) in [5.74, 6) is -0.261. The highest BCUT2D eigenvalue weighted by Gasteiger charge is 2.24. The maximum absolute atomic E-state index is 13.1. The second kappa shape index (κ2) is 8.55. The first kappa shape index (κ1) is 21.3. The van der Waals surface area contributed by atoms with Gasteiger partial charge in [-0.25, -0.2) is 12.7 Å². The van der Waals surface area contributed by atoms with Gasteiger partial charge in [0.1, 0.15) is 0 Å². The van der Waals surface area contributed by atoms with E-state index in [0.29, 0.717) is 12.1 Å². The molecule has 1 aliphatic rings. The fourth-order valence-electron chi connectivity index (χ4n) is 3.62. The largest absolute Gasteiger partial charge is 0.371 e. The summed E-state index contributed by atoms with van der Waals surface area (Å²) in [7, 11) is -0.638. The Morgan fingerprint density at radius 2 is 1.76 bits per heavy atom. The van der Waals surface area contributed by atoms with Crippen molar-refractivity contribution in [3.05, 3.63) is 58.7 Å². The van der Waals surface area contributed by atoms with Crippen molar-refractivity contribution in [3.63, 3.8) is 0 Å². The Labute approximate surface area is 173 Å². The van der Waals surface area contributed by atoms with Crippen molar-refractivity contribution in [2.24, 2.45) is 0 Å². The SMILES string of the molecule is Cc1ccc(CNC(=O)c2cc(S(=O)(=O)N(C)C)ccc2N2CCCC2)c(C)c1. The lowest BCUT2D eigenvalue weighted by atomic mass is 10.1. The molecule has 1 saturated heterocycles. The van der Waals surface area contributed by atoms with Crippen molar-refractivity contribution in [3.8, 4) is 0 Å². The molecule has 0 bridgehead atoms. The number of anilines is 1. The number of hydrogen-bond donors (Lipinski definition) is 1. The number of benzene rings is 2. The lowest BCUT2D eigenvalue weighted by molar-refractivity contribution is 0.0951. The van der Waals surface area contributed by atoms with E-state index in [1.54, 1.807) is 12.1 Å². The highest BCUT2D eigenvalue weighted by atomic mass is 32.2. The number of carbonyl (C=O) groups excluding carboxylic acids is 1. The number of rotatable bonds is 6. The first-order valence-corrected chi connectivity index (χ1v) is 11.3. The molecule has 1 heterocycles. The molecule has 1 fully saturated rings. The van der Waals surface area contributed by atoms with Crippen molar-refractivity contribution >= 4 is 21.6 Å². The van der Waals surface area contributed by atoms with Gasteiger partial charge in [-0.3, -0.25) is 4.79 Å². The smallest absolute Gasteiger partial charge is 0.253 e. The Morgan fingerprint density at radius 3 is 2.38 bits per heavy atom. The van der Waals surface area contributed by atoms with Crippen LogP contribution in [-0.4, -0.2) is 45.8 Å². The Bertz CT molecular complexity index is 1010. The molecular weight excluding hydrogens is 386 g/mol. The number of sulfonamides is 1. The maximum Gasteiger partial charge on any atom is 0.253 e. The van der Waals surface area contributed by atoms with Gasteiger partial charge < -0.3 is 10.2 Å². The average molecular weight is 416 g/mol. The van der Waals surface area contributed by atoms with E-state index in [1.807, 2.05) is 26.0 Å². The van der Waals surface area contributed by atoms with E-state index in [-0.39, 0.29) is 10.8 Å². The van der Waals surface area contributed by atoms with E-state index in [2.05, 4.69) is 16.3 Å². The fourth-order valence-corrected chi connectivity index (χ4v) is 4.55. The van der Waals surface area contributed by atoms with Crippen molar-refractivity contribution in [2.75, 3.05) is 32.1 Å². The monoisotopic (exact) mass is 415 g/mol. The first-order chi connectivity index (χ1) is 13.7. The number of hydrogen-bond acceptors (Lipinski definition) is 4. The molecule has 2 aromatic carbocycles. The lowest BCUT2D eigenvalue weighted by Crippen LogP contribution is -2.28. The standard InChI is InChI=1S/C22H29N3O3S/c1-16-7-8-18(17(2)13-16)15-23-22(26)20-14-19(29(27,28)24(3)4)9-10-21(20)25-11-5-6-12-25/h7-10,13-14H,5-6,11-12,15H2,1-4H3,(H,23,26). The molecule has 0 spiro atoms. The summed E-state index contributed by atoms with van der Waals surface area (Å²) in [5, 5.41) is 2.97. The van der Waals surface area contributed by atoms with Gasteiger partial charge >= 0.3 is 0 Å². The molecule has 0 radical (unpaired) electrons. The Hall–Kier alpha value is -2.38. The molecule has 7 heteroatoms. The highest BCUT2D eigenvalue weighted by Crippen LogP contribution is 2.28. The molecule has 1 aliphatic heterocycles. The second-order valence-corrected chi connectivity index (χ2v) is 9.92. The maximum atomic E-state index is 13.1. The summed E-state index contributed by atoms with van der Waals surface area (Å²) in [5.41, 5.74) is 4.53. The Kier molecular flexibility index (Phi) is 6.29. The minimum atomic E-state index is -3.62. The molecule has 0 atom stereocenters. The third kappa shape index (κ3) is 4.62. The van der Waals surface area contributed by atoms with Gasteiger partial charge in [-0.1, -0.05) is 23.8 Å². The summed E-state index contributed by atoms with van der Waals surface area (Å²) < 4.78 is 26.3. The van der Waals surface area contributed by atoms with Crippen molar-refractivity contribution in [2.45, 2.75) is 38.1 Å². The summed E-state index contributed by atoms with van der Waals surface area (Å²) in [6, 6.07) is 11.0. The van der Waals surface area contributed by atoms with E-state index in [4.69, 9.17) is 0 Å². The number of aryl methyl sites for hydroxylation is 2. The van der Waals surface area contributed by atoms with Crippen LogP contribution in [0.2, 0.25) is 0 Å². The van der Waals surface area contributed by atoms with Crippen LogP contribution in [0.15, 0.2) is 41.3 Å². The molecule has 0 aromatic heterocycles. The van der Waals surface area contributed by atoms with Gasteiger partial charge in [0.15, 0.2) is 0 Å². The van der Waals surface area contributed by atoms with Crippen LogP contribution in [0.3, 0.4) is 0 Å². The van der Waals surface area contributed by atoms with Crippen LogP contribution in [-0.2, 0) is 16.6 Å². The van der Waals surface area contributed by atoms with Gasteiger partial charge in [-0.2, -0.15) is 0 Å². The van der Waals surface area contributed by atoms with Gasteiger partial charge in [0, 0.05) is 39.4 Å². The number of nitrogens with zero attached hydrogens (tertiary/aromatic N) is 2. The third-order valence-corrected chi connectivity index (χ3v) is 7.19. The van der Waals surface area contributed by atoms with Crippen LogP contribution in [0.4, 0.5) is 5.69 Å². The van der Waals surface area contributed by atoms with E-state index in [1.165, 1.54) is 25.7 Å². The van der Waals surface area contributed by atoms with Gasteiger partial charge in [0.2, 0.25) is 10.0 Å². The van der Waals surface area contributed by atoms with Crippen LogP contribution < -0.4 is 10.2 Å². The summed E-state index contributed by atoms with van der Waals surface area (Å²) in [6.07, 6.45) is 2.14. The average Bonchev–Trinajstić information content (AvgIpc) is 3.21. The molecular formula is C22H29N3O3S. The third-order valence-electron chi connectivity index (χ3n) is 5.38. The molecule has 1 N–H and O–H groups in total. The Balaban J connectivity index is 1.92. The van der Waals surface area contributed by atoms with Gasteiger partial charge in [0.05, 0.1) is 10.5 Å². The summed E-state index contributed by atoms with van der Waals surface area (Å²) in [4.78, 5) is 15.4. The predicted molar refractivity (Wildman–Crippen MR) is 116 cm³/mol. The second-order valence-electron chi connectivity index (χ2n) is 7.77. The molecule has 0 unspecified atom stereocenters. The predicted octanol–water partition coefficient (Wildman–Crippen LogP) is 3.08. The van der Waals surface area contributed by atoms with Crippen LogP contribution in [0, 0.1) is 13.8 Å². The molecule has 3 rings (SSSR count). The highest BCUT2D eigenvalue weighted by molar-refractivity contribution is 7.89. The fraction of sp³-hybridized carbons (Fsp3) is 0.409. The summed E-state index contributed by atoms with van der Waals surface area (Å²) in [6.45, 7) is 6.20. The van der Waals surface area contributed by atoms with Crippen molar-refractivity contribution in [1.29, 1.82) is 0 Å². The zero-order chi connectivity index (χ0) is 21.2. The Morgan fingerprint density at radius 1 is 1.07 bits per heavy atom. The van der Waals surface area contributed by atoms with Crippen LogP contribution in [0.25, 0.3) is 0 Å². The van der Waals surface area contributed by atoms with Gasteiger partial charge in [-0.15, -0.1) is 0 Å². The molecule has 6 nitrogen and oxygen atoms in total. The molecule has 1 amide bonds. The molecule has 29 heavy (non-hydrogen) atoms. The van der Waals surface area contributed by atoms with Crippen LogP contribution >= 0.6 is 0 Å². The molecule has 0 aliphatic carbocycles. The zero-order valence-electron chi connectivity index (χ0n) is 17.5. The quantitative estimate of drug-likeness (QED) is 0.787. The first-order valence-electron chi connectivity index (χ1n) is 9.86.